The van der Waals surface area contributed by atoms with Crippen LogP contribution >= 0.6 is 0 Å². The second-order valence-corrected chi connectivity index (χ2v) is 7.51. The molecule has 3 heterocycles. The van der Waals surface area contributed by atoms with E-state index >= 15 is 0 Å². The highest BCUT2D eigenvalue weighted by atomic mass is 19.1. The first-order valence-corrected chi connectivity index (χ1v) is 10.1. The second-order valence-electron chi connectivity index (χ2n) is 7.51. The van der Waals surface area contributed by atoms with Gasteiger partial charge in [-0.25, -0.2) is 9.37 Å². The fraction of sp³-hybridized carbons (Fsp3) is 0.348. The Balaban J connectivity index is 1.18. The second kappa shape index (κ2) is 7.40. The number of unbranched alkanes of at least 4 members (excludes halogenated alkanes) is 2. The Morgan fingerprint density at radius 2 is 1.96 bits per heavy atom. The molecule has 0 saturated carbocycles. The molecule has 2 aromatic carbocycles. The highest BCUT2D eigenvalue weighted by molar-refractivity contribution is 5.83. The third-order valence-electron chi connectivity index (χ3n) is 5.58. The summed E-state index contributed by atoms with van der Waals surface area (Å²) in [5.41, 5.74) is 3.60. The third-order valence-corrected chi connectivity index (χ3v) is 5.58. The van der Waals surface area contributed by atoms with Crippen LogP contribution in [0.25, 0.3) is 22.1 Å². The van der Waals surface area contributed by atoms with Gasteiger partial charge in [0.15, 0.2) is 11.5 Å². The molecule has 1 unspecified atom stereocenters. The van der Waals surface area contributed by atoms with Crippen molar-refractivity contribution in [2.24, 2.45) is 0 Å². The fourth-order valence-corrected chi connectivity index (χ4v) is 4.25. The summed E-state index contributed by atoms with van der Waals surface area (Å²) in [4.78, 5) is 4.44. The number of aromatic nitrogens is 1. The van der Waals surface area contributed by atoms with Crippen LogP contribution in [0.1, 0.15) is 48.9 Å². The first-order valence-electron chi connectivity index (χ1n) is 10.1. The Hall–Kier alpha value is -2.66. The van der Waals surface area contributed by atoms with Crippen LogP contribution in [0.4, 0.5) is 4.39 Å². The van der Waals surface area contributed by atoms with E-state index in [1.165, 1.54) is 23.1 Å². The van der Waals surface area contributed by atoms with Gasteiger partial charge < -0.3 is 14.2 Å². The first kappa shape index (κ1) is 17.4. The first-order chi connectivity index (χ1) is 13.8. The zero-order valence-corrected chi connectivity index (χ0v) is 15.7. The summed E-state index contributed by atoms with van der Waals surface area (Å²) in [7, 11) is 0. The molecule has 1 atom stereocenters. The average molecular weight is 378 g/mol. The van der Waals surface area contributed by atoms with E-state index in [-0.39, 0.29) is 5.82 Å². The highest BCUT2D eigenvalue weighted by Crippen LogP contribution is 2.35. The maximum atomic E-state index is 13.3. The number of fused-ring (bicyclic) bond motifs is 4. The van der Waals surface area contributed by atoms with Crippen molar-refractivity contribution >= 4 is 22.1 Å². The number of furan rings is 1. The van der Waals surface area contributed by atoms with Gasteiger partial charge in [-0.15, -0.1) is 0 Å². The van der Waals surface area contributed by atoms with Gasteiger partial charge in [-0.2, -0.15) is 0 Å². The summed E-state index contributed by atoms with van der Waals surface area (Å²) in [6.45, 7) is 0.969. The summed E-state index contributed by atoms with van der Waals surface area (Å²) in [5.74, 6) is 1.55. The minimum atomic E-state index is -0.290. The Morgan fingerprint density at radius 3 is 2.93 bits per heavy atom. The summed E-state index contributed by atoms with van der Waals surface area (Å²) in [6, 6.07) is 13.2. The molecule has 0 spiro atoms. The van der Waals surface area contributed by atoms with Crippen molar-refractivity contribution in [3.05, 3.63) is 65.5 Å². The molecule has 0 saturated heterocycles. The lowest BCUT2D eigenvalue weighted by Gasteiger charge is -2.23. The summed E-state index contributed by atoms with van der Waals surface area (Å²) < 4.78 is 25.0. The van der Waals surface area contributed by atoms with Crippen LogP contribution in [0, 0.1) is 5.82 Å². The maximum absolute atomic E-state index is 13.3. The molecule has 28 heavy (non-hydrogen) atoms. The predicted octanol–water partition coefficient (Wildman–Crippen LogP) is 5.70. The number of hydrogen-bond acceptors (Lipinski definition) is 4. The molecule has 2 aromatic heterocycles. The quantitative estimate of drug-likeness (QED) is 0.437. The van der Waals surface area contributed by atoms with Crippen molar-refractivity contribution in [3.8, 4) is 0 Å². The lowest BCUT2D eigenvalue weighted by atomic mass is 9.93. The lowest BCUT2D eigenvalue weighted by Crippen LogP contribution is -2.29. The topological polar surface area (TPSA) is 51.2 Å². The van der Waals surface area contributed by atoms with Crippen LogP contribution in [0.5, 0.6) is 0 Å². The van der Waals surface area contributed by atoms with Crippen LogP contribution in [-0.2, 0) is 12.8 Å². The van der Waals surface area contributed by atoms with E-state index in [4.69, 9.17) is 8.83 Å². The molecule has 1 N–H and O–H groups in total. The fourth-order valence-electron chi connectivity index (χ4n) is 4.25. The van der Waals surface area contributed by atoms with Crippen LogP contribution in [0.3, 0.4) is 0 Å². The van der Waals surface area contributed by atoms with Crippen molar-refractivity contribution in [2.45, 2.75) is 44.6 Å². The number of nitrogens with one attached hydrogen (secondary N) is 1. The van der Waals surface area contributed by atoms with Crippen molar-refractivity contribution in [1.29, 1.82) is 0 Å². The Labute approximate surface area is 162 Å². The van der Waals surface area contributed by atoms with Crippen molar-refractivity contribution in [1.82, 2.24) is 10.3 Å². The number of nitrogens with zero attached hydrogens (tertiary/aromatic N) is 1. The molecule has 4 nitrogen and oxygen atoms in total. The van der Waals surface area contributed by atoms with E-state index in [1.807, 2.05) is 6.07 Å². The Kier molecular flexibility index (Phi) is 4.61. The molecule has 0 aliphatic carbocycles. The number of benzene rings is 2. The van der Waals surface area contributed by atoms with E-state index in [9.17, 15) is 4.39 Å². The molecule has 0 fully saturated rings. The molecule has 0 amide bonds. The van der Waals surface area contributed by atoms with Crippen LogP contribution in [0.15, 0.2) is 51.3 Å². The number of oxazole rings is 1. The van der Waals surface area contributed by atoms with Gasteiger partial charge in [0.05, 0.1) is 0 Å². The van der Waals surface area contributed by atoms with Crippen molar-refractivity contribution in [3.63, 3.8) is 0 Å². The van der Waals surface area contributed by atoms with Crippen LogP contribution < -0.4 is 5.32 Å². The number of aryl methyl sites for hydroxylation is 1. The molecular formula is C23H23FN2O2. The standard InChI is InChI=1S/C23H23FN2O2/c24-15-10-11-17-21(14-15)28-22(26-17)9-3-1-2-7-18-23-16-6-4-5-8-19(16)27-20(23)12-13-25-18/h4-6,8,10-11,14,18,25H,1-3,7,9,12-13H2. The minimum absolute atomic E-state index is 0.290. The summed E-state index contributed by atoms with van der Waals surface area (Å²) in [5, 5.41) is 4.90. The molecule has 0 bridgehead atoms. The van der Waals surface area contributed by atoms with Crippen molar-refractivity contribution < 1.29 is 13.2 Å². The molecule has 4 aromatic rings. The summed E-state index contributed by atoms with van der Waals surface area (Å²) >= 11 is 0. The highest BCUT2D eigenvalue weighted by Gasteiger charge is 2.25. The van der Waals surface area contributed by atoms with Gasteiger partial charge in [0.1, 0.15) is 22.7 Å². The van der Waals surface area contributed by atoms with E-state index < -0.39 is 0 Å². The molecule has 1 aliphatic rings. The molecule has 1 aliphatic heterocycles. The maximum Gasteiger partial charge on any atom is 0.195 e. The van der Waals surface area contributed by atoms with Gasteiger partial charge in [0.2, 0.25) is 0 Å². The molecule has 144 valence electrons. The molecule has 5 rings (SSSR count). The number of hydrogen-bond donors (Lipinski definition) is 1. The Bertz CT molecular complexity index is 1110. The molecule has 5 heteroatoms. The zero-order valence-electron chi connectivity index (χ0n) is 15.7. The van der Waals surface area contributed by atoms with Gasteiger partial charge >= 0.3 is 0 Å². The molecular weight excluding hydrogens is 355 g/mol. The average Bonchev–Trinajstić information content (AvgIpc) is 3.28. The van der Waals surface area contributed by atoms with Crippen LogP contribution in [0.2, 0.25) is 0 Å². The zero-order chi connectivity index (χ0) is 18.9. The SMILES string of the molecule is Fc1ccc2nc(CCCCCC3NCCc4oc5ccccc5c43)oc2c1. The van der Waals surface area contributed by atoms with E-state index in [0.717, 1.165) is 61.9 Å². The van der Waals surface area contributed by atoms with E-state index in [0.29, 0.717) is 17.5 Å². The van der Waals surface area contributed by atoms with E-state index in [1.54, 1.807) is 6.07 Å². The Morgan fingerprint density at radius 1 is 1.04 bits per heavy atom. The number of rotatable bonds is 6. The van der Waals surface area contributed by atoms with Crippen LogP contribution in [-0.4, -0.2) is 11.5 Å². The normalized spacial score (nSPS) is 16.7. The van der Waals surface area contributed by atoms with E-state index in [2.05, 4.69) is 28.5 Å². The molecule has 0 radical (unpaired) electrons. The van der Waals surface area contributed by atoms with Gasteiger partial charge in [-0.1, -0.05) is 31.0 Å². The predicted molar refractivity (Wildman–Crippen MR) is 107 cm³/mol. The van der Waals surface area contributed by atoms with Gasteiger partial charge in [-0.05, 0) is 31.0 Å². The van der Waals surface area contributed by atoms with Gasteiger partial charge in [-0.3, -0.25) is 0 Å². The van der Waals surface area contributed by atoms with Crippen molar-refractivity contribution in [2.75, 3.05) is 6.54 Å². The monoisotopic (exact) mass is 378 g/mol. The largest absolute Gasteiger partial charge is 0.461 e. The smallest absolute Gasteiger partial charge is 0.195 e. The van der Waals surface area contributed by atoms with Gasteiger partial charge in [0, 0.05) is 42.4 Å². The number of para-hydroxylation sites is 1. The third kappa shape index (κ3) is 3.31. The lowest BCUT2D eigenvalue weighted by molar-refractivity contribution is 0.415. The van der Waals surface area contributed by atoms with Gasteiger partial charge in [0.25, 0.3) is 0 Å². The summed E-state index contributed by atoms with van der Waals surface area (Å²) in [6.07, 6.45) is 6.09. The minimum Gasteiger partial charge on any atom is -0.461 e. The number of halogens is 1.